The summed E-state index contributed by atoms with van der Waals surface area (Å²) in [6.07, 6.45) is 3.97. The van der Waals surface area contributed by atoms with Gasteiger partial charge in [0.05, 0.1) is 12.2 Å². The van der Waals surface area contributed by atoms with Crippen molar-refractivity contribution in [2.24, 2.45) is 10.7 Å². The van der Waals surface area contributed by atoms with E-state index < -0.39 is 0 Å². The van der Waals surface area contributed by atoms with Gasteiger partial charge in [0.15, 0.2) is 5.96 Å². The van der Waals surface area contributed by atoms with Crippen LogP contribution < -0.4 is 11.1 Å². The Balaban J connectivity index is 0.00000220. The molecule has 1 saturated heterocycles. The number of pyridine rings is 1. The van der Waals surface area contributed by atoms with Gasteiger partial charge in [-0.2, -0.15) is 0 Å². The molecule has 5 nitrogen and oxygen atoms in total. The van der Waals surface area contributed by atoms with E-state index in [9.17, 15) is 4.39 Å². The maximum Gasteiger partial charge on any atom is 0.189 e. The van der Waals surface area contributed by atoms with E-state index in [0.29, 0.717) is 17.7 Å². The van der Waals surface area contributed by atoms with Crippen molar-refractivity contribution in [2.75, 3.05) is 19.6 Å². The van der Waals surface area contributed by atoms with Crippen LogP contribution in [-0.4, -0.2) is 41.5 Å². The minimum Gasteiger partial charge on any atom is -0.370 e. The SMILES string of the molecule is CCN1CCCC1CNC(N)=NCc1ncccc1F.I. The summed E-state index contributed by atoms with van der Waals surface area (Å²) in [5.41, 5.74) is 6.12. The van der Waals surface area contributed by atoms with Crippen LogP contribution in [0.2, 0.25) is 0 Å². The molecule has 1 aliphatic rings. The third kappa shape index (κ3) is 5.39. The normalized spacial score (nSPS) is 19.3. The number of halogens is 2. The maximum absolute atomic E-state index is 13.4. The highest BCUT2D eigenvalue weighted by Crippen LogP contribution is 2.15. The fourth-order valence-electron chi connectivity index (χ4n) is 2.52. The number of nitrogens with two attached hydrogens (primary N) is 1. The lowest BCUT2D eigenvalue weighted by Crippen LogP contribution is -2.42. The van der Waals surface area contributed by atoms with Gasteiger partial charge in [-0.1, -0.05) is 6.92 Å². The summed E-state index contributed by atoms with van der Waals surface area (Å²) in [5.74, 6) is -0.00462. The number of nitrogens with one attached hydrogen (secondary N) is 1. The molecule has 0 aromatic carbocycles. The number of aliphatic imine (C=N–C) groups is 1. The average Bonchev–Trinajstić information content (AvgIpc) is 2.91. The van der Waals surface area contributed by atoms with Crippen molar-refractivity contribution >= 4 is 29.9 Å². The number of rotatable bonds is 5. The van der Waals surface area contributed by atoms with Crippen LogP contribution in [0, 0.1) is 5.82 Å². The standard InChI is InChI=1S/C14H22FN5.HI/c1-2-20-8-4-5-11(20)9-18-14(16)19-10-13-12(15)6-3-7-17-13;/h3,6-7,11H,2,4-5,8-10H2,1H3,(H3,16,18,19);1H. The molecular formula is C14H23FIN5. The van der Waals surface area contributed by atoms with Gasteiger partial charge in [-0.3, -0.25) is 9.88 Å². The molecule has 7 heteroatoms. The van der Waals surface area contributed by atoms with Crippen molar-refractivity contribution in [3.8, 4) is 0 Å². The van der Waals surface area contributed by atoms with E-state index in [1.54, 1.807) is 12.3 Å². The highest BCUT2D eigenvalue weighted by molar-refractivity contribution is 14.0. The Morgan fingerprint density at radius 3 is 3.14 bits per heavy atom. The first-order valence-electron chi connectivity index (χ1n) is 7.08. The highest BCUT2D eigenvalue weighted by Gasteiger charge is 2.22. The minimum absolute atomic E-state index is 0. The third-order valence-electron chi connectivity index (χ3n) is 3.66. The number of likely N-dealkylation sites (tertiary alicyclic amines) is 1. The zero-order chi connectivity index (χ0) is 14.4. The fraction of sp³-hybridized carbons (Fsp3) is 0.571. The van der Waals surface area contributed by atoms with Crippen molar-refractivity contribution in [3.63, 3.8) is 0 Å². The van der Waals surface area contributed by atoms with Crippen LogP contribution in [-0.2, 0) is 6.54 Å². The molecule has 0 radical (unpaired) electrons. The number of guanidine groups is 1. The first kappa shape index (κ1) is 18.1. The minimum atomic E-state index is -0.350. The largest absolute Gasteiger partial charge is 0.370 e. The lowest BCUT2D eigenvalue weighted by molar-refractivity contribution is 0.267. The van der Waals surface area contributed by atoms with Gasteiger partial charge >= 0.3 is 0 Å². The predicted molar refractivity (Wildman–Crippen MR) is 93.2 cm³/mol. The molecule has 2 heterocycles. The summed E-state index contributed by atoms with van der Waals surface area (Å²) >= 11 is 0. The van der Waals surface area contributed by atoms with Crippen molar-refractivity contribution < 1.29 is 4.39 Å². The molecule has 3 N–H and O–H groups in total. The van der Waals surface area contributed by atoms with E-state index in [1.165, 1.54) is 18.9 Å². The first-order valence-corrected chi connectivity index (χ1v) is 7.08. The summed E-state index contributed by atoms with van der Waals surface area (Å²) in [6.45, 7) is 5.32. The van der Waals surface area contributed by atoms with Crippen molar-refractivity contribution in [1.29, 1.82) is 0 Å². The van der Waals surface area contributed by atoms with Crippen LogP contribution in [0.3, 0.4) is 0 Å². The van der Waals surface area contributed by atoms with Crippen LogP contribution in [0.5, 0.6) is 0 Å². The number of aromatic nitrogens is 1. The average molecular weight is 407 g/mol. The number of likely N-dealkylation sites (N-methyl/N-ethyl adjacent to an activating group) is 1. The van der Waals surface area contributed by atoms with E-state index >= 15 is 0 Å². The molecule has 2 rings (SSSR count). The molecule has 1 aromatic rings. The smallest absolute Gasteiger partial charge is 0.189 e. The predicted octanol–water partition coefficient (Wildman–Crippen LogP) is 1.73. The third-order valence-corrected chi connectivity index (χ3v) is 3.66. The Morgan fingerprint density at radius 1 is 1.62 bits per heavy atom. The zero-order valence-electron chi connectivity index (χ0n) is 12.3. The Hall–Kier alpha value is -0.960. The van der Waals surface area contributed by atoms with Crippen LogP contribution in [0.1, 0.15) is 25.5 Å². The molecule has 0 bridgehead atoms. The van der Waals surface area contributed by atoms with Crippen molar-refractivity contribution in [2.45, 2.75) is 32.4 Å². The van der Waals surface area contributed by atoms with Gasteiger partial charge in [-0.15, -0.1) is 24.0 Å². The lowest BCUT2D eigenvalue weighted by atomic mass is 10.2. The Kier molecular flexibility index (Phi) is 7.87. The van der Waals surface area contributed by atoms with Crippen LogP contribution >= 0.6 is 24.0 Å². The summed E-state index contributed by atoms with van der Waals surface area (Å²) in [5, 5.41) is 3.11. The van der Waals surface area contributed by atoms with Gasteiger partial charge in [0, 0.05) is 18.8 Å². The Morgan fingerprint density at radius 2 is 2.43 bits per heavy atom. The second-order valence-electron chi connectivity index (χ2n) is 4.94. The molecule has 0 spiro atoms. The second-order valence-corrected chi connectivity index (χ2v) is 4.94. The molecule has 118 valence electrons. The van der Waals surface area contributed by atoms with Gasteiger partial charge in [0.1, 0.15) is 5.82 Å². The molecule has 1 aromatic heterocycles. The molecule has 0 aliphatic carbocycles. The van der Waals surface area contributed by atoms with Gasteiger partial charge in [-0.25, -0.2) is 9.38 Å². The molecule has 1 unspecified atom stereocenters. The first-order chi connectivity index (χ1) is 9.70. The number of hydrogen-bond donors (Lipinski definition) is 2. The Labute approximate surface area is 142 Å². The monoisotopic (exact) mass is 407 g/mol. The van der Waals surface area contributed by atoms with Crippen LogP contribution in [0.25, 0.3) is 0 Å². The lowest BCUT2D eigenvalue weighted by Gasteiger charge is -2.23. The molecule has 1 aliphatic heterocycles. The highest BCUT2D eigenvalue weighted by atomic mass is 127. The molecule has 0 saturated carbocycles. The second kappa shape index (κ2) is 9.14. The molecule has 1 fully saturated rings. The number of hydrogen-bond acceptors (Lipinski definition) is 3. The van der Waals surface area contributed by atoms with Gasteiger partial charge < -0.3 is 11.1 Å². The van der Waals surface area contributed by atoms with E-state index in [-0.39, 0.29) is 36.3 Å². The van der Waals surface area contributed by atoms with Gasteiger partial charge in [-0.05, 0) is 38.1 Å². The van der Waals surface area contributed by atoms with Crippen molar-refractivity contribution in [3.05, 3.63) is 29.8 Å². The van der Waals surface area contributed by atoms with Gasteiger partial charge in [0.2, 0.25) is 0 Å². The van der Waals surface area contributed by atoms with E-state index in [2.05, 4.69) is 27.1 Å². The molecule has 1 atom stereocenters. The number of nitrogens with zero attached hydrogens (tertiary/aromatic N) is 3. The Bertz CT molecular complexity index is 468. The van der Waals surface area contributed by atoms with E-state index in [4.69, 9.17) is 5.73 Å². The summed E-state index contributed by atoms with van der Waals surface area (Å²) < 4.78 is 13.4. The van der Waals surface area contributed by atoms with E-state index in [1.807, 2.05) is 0 Å². The topological polar surface area (TPSA) is 66.5 Å². The molecule has 0 amide bonds. The summed E-state index contributed by atoms with van der Waals surface area (Å²) in [6, 6.07) is 3.45. The van der Waals surface area contributed by atoms with Gasteiger partial charge in [0.25, 0.3) is 0 Å². The molecular weight excluding hydrogens is 384 g/mol. The van der Waals surface area contributed by atoms with E-state index in [0.717, 1.165) is 19.6 Å². The van der Waals surface area contributed by atoms with Crippen LogP contribution in [0.15, 0.2) is 23.3 Å². The summed E-state index contributed by atoms with van der Waals surface area (Å²) in [7, 11) is 0. The zero-order valence-corrected chi connectivity index (χ0v) is 14.6. The maximum atomic E-state index is 13.4. The quantitative estimate of drug-likeness (QED) is 0.443. The summed E-state index contributed by atoms with van der Waals surface area (Å²) in [4.78, 5) is 10.5. The fourth-order valence-corrected chi connectivity index (χ4v) is 2.52. The van der Waals surface area contributed by atoms with Crippen molar-refractivity contribution in [1.82, 2.24) is 15.2 Å². The van der Waals surface area contributed by atoms with Crippen LogP contribution in [0.4, 0.5) is 4.39 Å². The molecule has 21 heavy (non-hydrogen) atoms.